The van der Waals surface area contributed by atoms with Crippen LogP contribution in [0.15, 0.2) is 30.3 Å². The molecule has 0 heterocycles. The maximum atomic E-state index is 12.1. The van der Waals surface area contributed by atoms with E-state index in [-0.39, 0.29) is 0 Å². The summed E-state index contributed by atoms with van der Waals surface area (Å²) in [7, 11) is 0. The first kappa shape index (κ1) is 13.0. The fraction of sp³-hybridized carbons (Fsp3) is 0.500. The Morgan fingerprint density at radius 1 is 1.11 bits per heavy atom. The maximum absolute atomic E-state index is 12.1. The summed E-state index contributed by atoms with van der Waals surface area (Å²) in [5, 5.41) is 0. The Morgan fingerprint density at radius 3 is 2.39 bits per heavy atom. The molecule has 2 nitrogen and oxygen atoms in total. The maximum Gasteiger partial charge on any atom is 0.163 e. The van der Waals surface area contributed by atoms with E-state index in [1.807, 2.05) is 37.1 Å². The van der Waals surface area contributed by atoms with E-state index >= 15 is 0 Å². The molecule has 1 aromatic rings. The molecule has 96 valence electrons. The minimum atomic E-state index is 0.346. The third kappa shape index (κ3) is 2.69. The second-order valence-corrected chi connectivity index (χ2v) is 5.43. The Labute approximate surface area is 108 Å². The normalized spacial score (nSPS) is 28.6. The number of rotatable bonds is 3. The second-order valence-electron chi connectivity index (χ2n) is 5.43. The van der Waals surface area contributed by atoms with Gasteiger partial charge in [-0.15, -0.1) is 0 Å². The number of carbonyl (C=O) groups excluding carboxylic acids is 2. The number of carbonyl (C=O) groups is 2. The Kier molecular flexibility index (Phi) is 4.29. The lowest BCUT2D eigenvalue weighted by Gasteiger charge is -2.20. The number of Topliss-reactive ketones (excluding diaryl/α,β-unsaturated/α-hetero) is 1. The third-order valence-electron chi connectivity index (χ3n) is 4.43. The summed E-state index contributed by atoms with van der Waals surface area (Å²) in [4.78, 5) is 20.1. The molecule has 3 atom stereocenters. The molecule has 0 aliphatic heterocycles. The Hall–Kier alpha value is -1.44. The zero-order valence-corrected chi connectivity index (χ0v) is 10.7. The smallest absolute Gasteiger partial charge is 0.163 e. The lowest BCUT2D eigenvalue weighted by atomic mass is 9.84. The van der Waals surface area contributed by atoms with Crippen LogP contribution in [0.25, 0.3) is 0 Å². The highest BCUT2D eigenvalue weighted by atomic mass is 16.1. The van der Waals surface area contributed by atoms with Gasteiger partial charge >= 0.3 is 0 Å². The van der Waals surface area contributed by atoms with Crippen molar-refractivity contribution in [1.29, 1.82) is 0 Å². The largest absolute Gasteiger partial charge is 0.307 e. The van der Waals surface area contributed by atoms with Crippen molar-refractivity contribution in [3.63, 3.8) is 0 Å². The highest BCUT2D eigenvalue weighted by Gasteiger charge is 2.40. The molecule has 2 aliphatic rings. The van der Waals surface area contributed by atoms with Gasteiger partial charge in [-0.25, -0.2) is 0 Å². The quantitative estimate of drug-likeness (QED) is 0.762. The van der Waals surface area contributed by atoms with Gasteiger partial charge in [0.2, 0.25) is 0 Å². The summed E-state index contributed by atoms with van der Waals surface area (Å²) < 4.78 is 0. The van der Waals surface area contributed by atoms with Crippen LogP contribution in [0.2, 0.25) is 0 Å². The van der Waals surface area contributed by atoms with Crippen LogP contribution in [0.1, 0.15) is 42.5 Å². The van der Waals surface area contributed by atoms with Crippen molar-refractivity contribution in [3.8, 4) is 0 Å². The van der Waals surface area contributed by atoms with Crippen LogP contribution in [0, 0.1) is 17.8 Å². The molecule has 3 rings (SSSR count). The van der Waals surface area contributed by atoms with Gasteiger partial charge < -0.3 is 4.79 Å². The van der Waals surface area contributed by atoms with E-state index in [0.717, 1.165) is 23.8 Å². The summed E-state index contributed by atoms with van der Waals surface area (Å²) in [6.07, 6.45) is 6.28. The van der Waals surface area contributed by atoms with Gasteiger partial charge in [-0.1, -0.05) is 36.8 Å². The van der Waals surface area contributed by atoms with E-state index in [2.05, 4.69) is 0 Å². The molecule has 0 spiro atoms. The molecule has 2 saturated carbocycles. The van der Waals surface area contributed by atoms with E-state index in [1.165, 1.54) is 25.7 Å². The molecule has 0 radical (unpaired) electrons. The number of ketones is 1. The molecule has 2 fully saturated rings. The van der Waals surface area contributed by atoms with Crippen molar-refractivity contribution in [2.75, 3.05) is 0 Å². The fourth-order valence-electron chi connectivity index (χ4n) is 3.61. The van der Waals surface area contributed by atoms with Gasteiger partial charge in [-0.05, 0) is 37.0 Å². The van der Waals surface area contributed by atoms with Crippen molar-refractivity contribution in [2.45, 2.75) is 32.1 Å². The minimum absolute atomic E-state index is 0.346. The Balaban J connectivity index is 0.000000574. The SMILES string of the molecule is C=O.O=C(CC1CC2CCC1C2)c1ccccc1. The van der Waals surface area contributed by atoms with Crippen molar-refractivity contribution < 1.29 is 9.59 Å². The first-order valence-corrected chi connectivity index (χ1v) is 6.70. The van der Waals surface area contributed by atoms with Gasteiger partial charge in [0.1, 0.15) is 6.79 Å². The molecular formula is C16H20O2. The van der Waals surface area contributed by atoms with E-state index in [0.29, 0.717) is 11.7 Å². The first-order chi connectivity index (χ1) is 8.83. The molecule has 2 heteroatoms. The number of hydrogen-bond donors (Lipinski definition) is 0. The number of hydrogen-bond acceptors (Lipinski definition) is 2. The molecule has 0 N–H and O–H groups in total. The molecule has 2 aliphatic carbocycles. The van der Waals surface area contributed by atoms with Crippen LogP contribution in [-0.2, 0) is 4.79 Å². The van der Waals surface area contributed by atoms with E-state index in [4.69, 9.17) is 4.79 Å². The Bertz CT molecular complexity index is 399. The monoisotopic (exact) mass is 244 g/mol. The van der Waals surface area contributed by atoms with Crippen LogP contribution < -0.4 is 0 Å². The van der Waals surface area contributed by atoms with Crippen LogP contribution in [0.5, 0.6) is 0 Å². The summed E-state index contributed by atoms with van der Waals surface area (Å²) in [6, 6.07) is 9.75. The fourth-order valence-corrected chi connectivity index (χ4v) is 3.61. The van der Waals surface area contributed by atoms with Gasteiger partial charge in [-0.3, -0.25) is 4.79 Å². The summed E-state index contributed by atoms with van der Waals surface area (Å²) >= 11 is 0. The van der Waals surface area contributed by atoms with Crippen LogP contribution in [0.4, 0.5) is 0 Å². The lowest BCUT2D eigenvalue weighted by molar-refractivity contribution is -0.0979. The van der Waals surface area contributed by atoms with E-state index in [9.17, 15) is 4.79 Å². The summed E-state index contributed by atoms with van der Waals surface area (Å²) in [6.45, 7) is 2.00. The first-order valence-electron chi connectivity index (χ1n) is 6.70. The predicted molar refractivity (Wildman–Crippen MR) is 71.4 cm³/mol. The summed E-state index contributed by atoms with van der Waals surface area (Å²) in [5.41, 5.74) is 0.894. The van der Waals surface area contributed by atoms with Crippen LogP contribution in [-0.4, -0.2) is 12.6 Å². The van der Waals surface area contributed by atoms with Gasteiger partial charge in [0, 0.05) is 12.0 Å². The molecule has 0 amide bonds. The average molecular weight is 244 g/mol. The van der Waals surface area contributed by atoms with Crippen molar-refractivity contribution in [3.05, 3.63) is 35.9 Å². The number of benzene rings is 1. The van der Waals surface area contributed by atoms with Crippen molar-refractivity contribution in [2.24, 2.45) is 17.8 Å². The summed E-state index contributed by atoms with van der Waals surface area (Å²) in [5.74, 6) is 2.83. The second kappa shape index (κ2) is 5.94. The third-order valence-corrected chi connectivity index (χ3v) is 4.43. The molecular weight excluding hydrogens is 224 g/mol. The number of fused-ring (bicyclic) bond motifs is 2. The van der Waals surface area contributed by atoms with Gasteiger partial charge in [-0.2, -0.15) is 0 Å². The molecule has 1 aromatic carbocycles. The van der Waals surface area contributed by atoms with E-state index < -0.39 is 0 Å². The average Bonchev–Trinajstić information content (AvgIpc) is 3.04. The van der Waals surface area contributed by atoms with Gasteiger partial charge in [0.05, 0.1) is 0 Å². The van der Waals surface area contributed by atoms with Crippen molar-refractivity contribution >= 4 is 12.6 Å². The molecule has 0 aromatic heterocycles. The molecule has 2 bridgehead atoms. The topological polar surface area (TPSA) is 34.1 Å². The van der Waals surface area contributed by atoms with Crippen molar-refractivity contribution in [1.82, 2.24) is 0 Å². The highest BCUT2D eigenvalue weighted by Crippen LogP contribution is 2.49. The predicted octanol–water partition coefficient (Wildman–Crippen LogP) is 3.51. The molecule has 3 unspecified atom stereocenters. The highest BCUT2D eigenvalue weighted by molar-refractivity contribution is 5.96. The van der Waals surface area contributed by atoms with Gasteiger partial charge in [0.25, 0.3) is 0 Å². The zero-order chi connectivity index (χ0) is 13.0. The standard InChI is InChI=1S/C15H18O.CH2O/c16-15(12-4-2-1-3-5-12)10-14-9-11-6-7-13(14)8-11;1-2/h1-5,11,13-14H,6-10H2;1H2. The zero-order valence-electron chi connectivity index (χ0n) is 10.7. The molecule has 0 saturated heterocycles. The minimum Gasteiger partial charge on any atom is -0.307 e. The van der Waals surface area contributed by atoms with Crippen LogP contribution >= 0.6 is 0 Å². The van der Waals surface area contributed by atoms with Crippen LogP contribution in [0.3, 0.4) is 0 Å². The van der Waals surface area contributed by atoms with Gasteiger partial charge in [0.15, 0.2) is 5.78 Å². The molecule has 18 heavy (non-hydrogen) atoms. The lowest BCUT2D eigenvalue weighted by Crippen LogP contribution is -2.15. The van der Waals surface area contributed by atoms with E-state index in [1.54, 1.807) is 0 Å². The Morgan fingerprint density at radius 2 is 1.83 bits per heavy atom.